The predicted octanol–water partition coefficient (Wildman–Crippen LogP) is 3.45. The SMILES string of the molecule is CCc1ccc(/C=C/C(=O)C(C)CN(C)C)cc1.Cl. The third-order valence-corrected chi connectivity index (χ3v) is 2.95. The summed E-state index contributed by atoms with van der Waals surface area (Å²) < 4.78 is 0. The first-order valence-corrected chi connectivity index (χ1v) is 6.48. The van der Waals surface area contributed by atoms with Crippen LogP contribution in [0.15, 0.2) is 30.3 Å². The van der Waals surface area contributed by atoms with E-state index in [4.69, 9.17) is 0 Å². The van der Waals surface area contributed by atoms with Crippen LogP contribution in [0.4, 0.5) is 0 Å². The van der Waals surface area contributed by atoms with E-state index in [2.05, 4.69) is 31.2 Å². The third-order valence-electron chi connectivity index (χ3n) is 2.95. The maximum atomic E-state index is 11.9. The molecular weight excluding hydrogens is 258 g/mol. The van der Waals surface area contributed by atoms with Gasteiger partial charge in [-0.05, 0) is 37.7 Å². The molecule has 1 unspecified atom stereocenters. The molecule has 0 bridgehead atoms. The molecule has 1 atom stereocenters. The molecule has 106 valence electrons. The number of ketones is 1. The number of hydrogen-bond acceptors (Lipinski definition) is 2. The third kappa shape index (κ3) is 6.55. The Bertz CT molecular complexity index is 409. The van der Waals surface area contributed by atoms with Crippen LogP contribution >= 0.6 is 12.4 Å². The first-order chi connectivity index (χ1) is 8.52. The monoisotopic (exact) mass is 281 g/mol. The fourth-order valence-electron chi connectivity index (χ4n) is 1.84. The van der Waals surface area contributed by atoms with Crippen molar-refractivity contribution in [2.45, 2.75) is 20.3 Å². The topological polar surface area (TPSA) is 20.3 Å². The quantitative estimate of drug-likeness (QED) is 0.745. The van der Waals surface area contributed by atoms with Crippen molar-refractivity contribution >= 4 is 24.3 Å². The van der Waals surface area contributed by atoms with Gasteiger partial charge in [0.05, 0.1) is 0 Å². The van der Waals surface area contributed by atoms with Gasteiger partial charge in [0.15, 0.2) is 5.78 Å². The van der Waals surface area contributed by atoms with Crippen molar-refractivity contribution in [3.8, 4) is 0 Å². The van der Waals surface area contributed by atoms with Gasteiger partial charge in [0.25, 0.3) is 0 Å². The second-order valence-electron chi connectivity index (χ2n) is 4.99. The summed E-state index contributed by atoms with van der Waals surface area (Å²) in [6.07, 6.45) is 4.63. The molecule has 0 spiro atoms. The molecule has 3 heteroatoms. The summed E-state index contributed by atoms with van der Waals surface area (Å²) in [5, 5.41) is 0. The average molecular weight is 282 g/mol. The van der Waals surface area contributed by atoms with Crippen LogP contribution in [0.1, 0.15) is 25.0 Å². The van der Waals surface area contributed by atoms with Gasteiger partial charge in [0, 0.05) is 12.5 Å². The highest BCUT2D eigenvalue weighted by atomic mass is 35.5. The lowest BCUT2D eigenvalue weighted by molar-refractivity contribution is -0.118. The van der Waals surface area contributed by atoms with E-state index in [1.54, 1.807) is 6.08 Å². The van der Waals surface area contributed by atoms with Crippen LogP contribution in [0.3, 0.4) is 0 Å². The fraction of sp³-hybridized carbons (Fsp3) is 0.438. The Morgan fingerprint density at radius 3 is 2.32 bits per heavy atom. The van der Waals surface area contributed by atoms with Crippen LogP contribution in [-0.2, 0) is 11.2 Å². The first kappa shape index (κ1) is 17.9. The minimum atomic E-state index is 0. The van der Waals surface area contributed by atoms with Gasteiger partial charge in [-0.25, -0.2) is 0 Å². The van der Waals surface area contributed by atoms with Gasteiger partial charge in [-0.3, -0.25) is 4.79 Å². The number of allylic oxidation sites excluding steroid dienone is 1. The Labute approximate surface area is 122 Å². The number of aryl methyl sites for hydroxylation is 1. The van der Waals surface area contributed by atoms with E-state index < -0.39 is 0 Å². The van der Waals surface area contributed by atoms with Crippen molar-refractivity contribution in [3.05, 3.63) is 41.5 Å². The highest BCUT2D eigenvalue weighted by molar-refractivity contribution is 5.95. The zero-order valence-corrected chi connectivity index (χ0v) is 13.0. The van der Waals surface area contributed by atoms with Gasteiger partial charge in [-0.2, -0.15) is 0 Å². The molecule has 0 aliphatic carbocycles. The minimum absolute atomic E-state index is 0. The van der Waals surface area contributed by atoms with Crippen molar-refractivity contribution in [1.29, 1.82) is 0 Å². The smallest absolute Gasteiger partial charge is 0.159 e. The molecule has 0 radical (unpaired) electrons. The highest BCUT2D eigenvalue weighted by Gasteiger charge is 2.10. The van der Waals surface area contributed by atoms with E-state index in [0.717, 1.165) is 18.5 Å². The normalized spacial score (nSPS) is 12.5. The summed E-state index contributed by atoms with van der Waals surface area (Å²) >= 11 is 0. The summed E-state index contributed by atoms with van der Waals surface area (Å²) in [6.45, 7) is 4.89. The number of carbonyl (C=O) groups is 1. The molecule has 1 aromatic carbocycles. The van der Waals surface area contributed by atoms with Crippen molar-refractivity contribution in [2.75, 3.05) is 20.6 Å². The molecule has 0 saturated heterocycles. The lowest BCUT2D eigenvalue weighted by Crippen LogP contribution is -2.24. The summed E-state index contributed by atoms with van der Waals surface area (Å²) in [5.41, 5.74) is 2.40. The minimum Gasteiger partial charge on any atom is -0.309 e. The molecule has 0 saturated carbocycles. The van der Waals surface area contributed by atoms with Gasteiger partial charge in [-0.1, -0.05) is 44.2 Å². The lowest BCUT2D eigenvalue weighted by atomic mass is 10.0. The fourth-order valence-corrected chi connectivity index (χ4v) is 1.84. The zero-order chi connectivity index (χ0) is 13.5. The Kier molecular flexibility index (Phi) is 8.37. The van der Waals surface area contributed by atoms with Crippen molar-refractivity contribution in [2.24, 2.45) is 5.92 Å². The van der Waals surface area contributed by atoms with Crippen molar-refractivity contribution in [1.82, 2.24) is 4.90 Å². The van der Waals surface area contributed by atoms with Gasteiger partial charge >= 0.3 is 0 Å². The highest BCUT2D eigenvalue weighted by Crippen LogP contribution is 2.08. The summed E-state index contributed by atoms with van der Waals surface area (Å²) in [7, 11) is 3.97. The van der Waals surface area contributed by atoms with Gasteiger partial charge in [-0.15, -0.1) is 12.4 Å². The van der Waals surface area contributed by atoms with Gasteiger partial charge in [0.2, 0.25) is 0 Å². The summed E-state index contributed by atoms with van der Waals surface area (Å²) in [6, 6.07) is 8.32. The van der Waals surface area contributed by atoms with E-state index in [0.29, 0.717) is 0 Å². The number of halogens is 1. The van der Waals surface area contributed by atoms with Crippen LogP contribution in [0.5, 0.6) is 0 Å². The molecule has 19 heavy (non-hydrogen) atoms. The summed E-state index contributed by atoms with van der Waals surface area (Å²) in [5.74, 6) is 0.231. The van der Waals surface area contributed by atoms with Crippen LogP contribution < -0.4 is 0 Å². The molecule has 1 rings (SSSR count). The van der Waals surface area contributed by atoms with E-state index in [1.165, 1.54) is 5.56 Å². The van der Waals surface area contributed by atoms with Crippen LogP contribution in [0.2, 0.25) is 0 Å². The Balaban J connectivity index is 0.00000324. The number of rotatable bonds is 6. The maximum absolute atomic E-state index is 11.9. The molecule has 0 aromatic heterocycles. The van der Waals surface area contributed by atoms with Crippen molar-refractivity contribution < 1.29 is 4.79 Å². The number of hydrogen-bond donors (Lipinski definition) is 0. The maximum Gasteiger partial charge on any atom is 0.159 e. The molecular formula is C16H24ClNO. The number of benzene rings is 1. The van der Waals surface area contributed by atoms with E-state index in [9.17, 15) is 4.79 Å². The average Bonchev–Trinajstić information content (AvgIpc) is 2.35. The van der Waals surface area contributed by atoms with Crippen molar-refractivity contribution in [3.63, 3.8) is 0 Å². The molecule has 0 fully saturated rings. The van der Waals surface area contributed by atoms with E-state index >= 15 is 0 Å². The number of nitrogens with zero attached hydrogens (tertiary/aromatic N) is 1. The Morgan fingerprint density at radius 2 is 1.84 bits per heavy atom. The van der Waals surface area contributed by atoms with Gasteiger partial charge in [0.1, 0.15) is 0 Å². The molecule has 2 nitrogen and oxygen atoms in total. The largest absolute Gasteiger partial charge is 0.309 e. The molecule has 0 amide bonds. The first-order valence-electron chi connectivity index (χ1n) is 6.48. The predicted molar refractivity (Wildman–Crippen MR) is 84.8 cm³/mol. The zero-order valence-electron chi connectivity index (χ0n) is 12.2. The van der Waals surface area contributed by atoms with Crippen LogP contribution in [-0.4, -0.2) is 31.3 Å². The molecule has 0 heterocycles. The lowest BCUT2D eigenvalue weighted by Gasteiger charge is -2.13. The number of carbonyl (C=O) groups excluding carboxylic acids is 1. The molecule has 0 aliphatic rings. The summed E-state index contributed by atoms with van der Waals surface area (Å²) in [4.78, 5) is 13.9. The Hall–Kier alpha value is -1.12. The van der Waals surface area contributed by atoms with Gasteiger partial charge < -0.3 is 4.90 Å². The van der Waals surface area contributed by atoms with E-state index in [1.807, 2.05) is 32.0 Å². The van der Waals surface area contributed by atoms with Crippen LogP contribution in [0, 0.1) is 5.92 Å². The van der Waals surface area contributed by atoms with Crippen LogP contribution in [0.25, 0.3) is 6.08 Å². The second-order valence-corrected chi connectivity index (χ2v) is 4.99. The molecule has 0 N–H and O–H groups in total. The second kappa shape index (κ2) is 8.89. The standard InChI is InChI=1S/C16H23NO.ClH/c1-5-14-6-8-15(9-7-14)10-11-16(18)13(2)12-17(3)4;/h6-11,13H,5,12H2,1-4H3;1H/b11-10+;. The molecule has 1 aromatic rings. The van der Waals surface area contributed by atoms with E-state index in [-0.39, 0.29) is 24.1 Å². The molecule has 0 aliphatic heterocycles. The Morgan fingerprint density at radius 1 is 1.26 bits per heavy atom.